The van der Waals surface area contributed by atoms with Crippen molar-refractivity contribution >= 4 is 23.1 Å². The largest absolute Gasteiger partial charge is 0.454 e. The van der Waals surface area contributed by atoms with E-state index in [0.29, 0.717) is 24.8 Å². The molecule has 146 valence electrons. The molecule has 1 saturated heterocycles. The number of rotatable bonds is 6. The zero-order valence-corrected chi connectivity index (χ0v) is 14.7. The van der Waals surface area contributed by atoms with Crippen LogP contribution < -0.4 is 4.90 Å². The number of nitro benzene ring substituents is 1. The lowest BCUT2D eigenvalue weighted by molar-refractivity contribution is -0.384. The lowest BCUT2D eigenvalue weighted by atomic mass is 10.1. The van der Waals surface area contributed by atoms with Gasteiger partial charge in [-0.25, -0.2) is 13.6 Å². The van der Waals surface area contributed by atoms with E-state index in [0.717, 1.165) is 31.0 Å². The lowest BCUT2D eigenvalue weighted by Crippen LogP contribution is -2.22. The van der Waals surface area contributed by atoms with E-state index in [4.69, 9.17) is 4.74 Å². The van der Waals surface area contributed by atoms with Crippen LogP contribution in [0, 0.1) is 21.7 Å². The molecule has 0 unspecified atom stereocenters. The molecule has 1 fully saturated rings. The van der Waals surface area contributed by atoms with Gasteiger partial charge >= 0.3 is 5.97 Å². The summed E-state index contributed by atoms with van der Waals surface area (Å²) in [5.74, 6) is -3.91. The number of ketones is 1. The number of hydrogen-bond acceptors (Lipinski definition) is 6. The molecule has 0 aliphatic carbocycles. The standard InChI is InChI=1S/C19H16F2N2O5/c20-15-5-3-12(9-16(15)21)18(24)11-28-19(25)14-10-13(23(26)27)4-6-17(14)22-7-1-2-8-22/h3-6,9-10H,1-2,7-8,11H2. The number of anilines is 1. The summed E-state index contributed by atoms with van der Waals surface area (Å²) in [5, 5.41) is 11.0. The van der Waals surface area contributed by atoms with Crippen LogP contribution in [0.25, 0.3) is 0 Å². The molecule has 1 aliphatic rings. The SMILES string of the molecule is O=C(COC(=O)c1cc([N+](=O)[O-])ccc1N1CCCC1)c1ccc(F)c(F)c1. The summed E-state index contributed by atoms with van der Waals surface area (Å²) < 4.78 is 31.2. The zero-order chi connectivity index (χ0) is 20.3. The third kappa shape index (κ3) is 4.13. The molecule has 7 nitrogen and oxygen atoms in total. The van der Waals surface area contributed by atoms with Crippen molar-refractivity contribution in [3.8, 4) is 0 Å². The summed E-state index contributed by atoms with van der Waals surface area (Å²) in [6, 6.07) is 6.49. The van der Waals surface area contributed by atoms with E-state index in [1.165, 1.54) is 12.1 Å². The maximum atomic E-state index is 13.2. The number of halogens is 2. The quantitative estimate of drug-likeness (QED) is 0.325. The molecular formula is C19H16F2N2O5. The summed E-state index contributed by atoms with van der Waals surface area (Å²) in [6.45, 7) is 0.698. The van der Waals surface area contributed by atoms with Crippen molar-refractivity contribution in [3.63, 3.8) is 0 Å². The topological polar surface area (TPSA) is 89.8 Å². The fourth-order valence-electron chi connectivity index (χ4n) is 3.00. The normalized spacial score (nSPS) is 13.4. The second-order valence-electron chi connectivity index (χ2n) is 6.28. The number of Topliss-reactive ketones (excluding diaryl/α,β-unsaturated/α-hetero) is 1. The highest BCUT2D eigenvalue weighted by atomic mass is 19.2. The molecule has 3 rings (SSSR count). The summed E-state index contributed by atoms with van der Waals surface area (Å²) in [7, 11) is 0. The number of hydrogen-bond donors (Lipinski definition) is 0. The molecule has 0 atom stereocenters. The molecule has 2 aromatic rings. The first kappa shape index (κ1) is 19.4. The maximum Gasteiger partial charge on any atom is 0.340 e. The van der Waals surface area contributed by atoms with Crippen LogP contribution in [0.3, 0.4) is 0 Å². The van der Waals surface area contributed by atoms with Gasteiger partial charge in [-0.05, 0) is 37.1 Å². The first-order chi connectivity index (χ1) is 13.4. The fraction of sp³-hybridized carbons (Fsp3) is 0.263. The highest BCUT2D eigenvalue weighted by Gasteiger charge is 2.24. The number of ether oxygens (including phenoxy) is 1. The van der Waals surface area contributed by atoms with Crippen molar-refractivity contribution in [2.75, 3.05) is 24.6 Å². The first-order valence-corrected chi connectivity index (χ1v) is 8.55. The molecule has 0 saturated carbocycles. The molecule has 9 heteroatoms. The average Bonchev–Trinajstić information content (AvgIpc) is 3.22. The van der Waals surface area contributed by atoms with Gasteiger partial charge in [-0.1, -0.05) is 0 Å². The Morgan fingerprint density at radius 1 is 1.07 bits per heavy atom. The van der Waals surface area contributed by atoms with Crippen molar-refractivity contribution in [2.45, 2.75) is 12.8 Å². The number of nitro groups is 1. The summed E-state index contributed by atoms with van der Waals surface area (Å²) in [5.41, 5.74) is 0.0508. The van der Waals surface area contributed by atoms with Gasteiger partial charge in [-0.2, -0.15) is 0 Å². The van der Waals surface area contributed by atoms with E-state index in [2.05, 4.69) is 0 Å². The van der Waals surface area contributed by atoms with Gasteiger partial charge in [0.15, 0.2) is 24.0 Å². The van der Waals surface area contributed by atoms with E-state index in [1.807, 2.05) is 4.90 Å². The number of carbonyl (C=O) groups excluding carboxylic acids is 2. The highest BCUT2D eigenvalue weighted by molar-refractivity contribution is 6.01. The van der Waals surface area contributed by atoms with Gasteiger partial charge in [0.05, 0.1) is 16.2 Å². The Morgan fingerprint density at radius 3 is 2.43 bits per heavy atom. The minimum absolute atomic E-state index is 0.0193. The lowest BCUT2D eigenvalue weighted by Gasteiger charge is -2.20. The molecule has 0 radical (unpaired) electrons. The Labute approximate surface area is 158 Å². The number of non-ortho nitro benzene ring substituents is 1. The second-order valence-corrected chi connectivity index (χ2v) is 6.28. The van der Waals surface area contributed by atoms with Crippen molar-refractivity contribution in [2.24, 2.45) is 0 Å². The third-order valence-electron chi connectivity index (χ3n) is 4.43. The molecule has 1 heterocycles. The predicted octanol–water partition coefficient (Wildman–Crippen LogP) is 3.51. The fourth-order valence-corrected chi connectivity index (χ4v) is 3.00. The Kier molecular flexibility index (Phi) is 5.62. The zero-order valence-electron chi connectivity index (χ0n) is 14.7. The van der Waals surface area contributed by atoms with Crippen molar-refractivity contribution in [1.29, 1.82) is 0 Å². The van der Waals surface area contributed by atoms with Gasteiger partial charge in [0.25, 0.3) is 5.69 Å². The molecular weight excluding hydrogens is 374 g/mol. The summed E-state index contributed by atoms with van der Waals surface area (Å²) in [4.78, 5) is 36.9. The predicted molar refractivity (Wildman–Crippen MR) is 95.5 cm³/mol. The molecule has 1 aliphatic heterocycles. The molecule has 0 N–H and O–H groups in total. The maximum absolute atomic E-state index is 13.2. The van der Waals surface area contributed by atoms with Gasteiger partial charge in [-0.15, -0.1) is 0 Å². The number of nitrogens with zero attached hydrogens (tertiary/aromatic N) is 2. The van der Waals surface area contributed by atoms with E-state index in [1.54, 1.807) is 0 Å². The number of carbonyl (C=O) groups is 2. The Balaban J connectivity index is 1.78. The number of benzene rings is 2. The minimum atomic E-state index is -1.19. The monoisotopic (exact) mass is 390 g/mol. The first-order valence-electron chi connectivity index (χ1n) is 8.55. The highest BCUT2D eigenvalue weighted by Crippen LogP contribution is 2.29. The molecule has 0 aromatic heterocycles. The van der Waals surface area contributed by atoms with Crippen molar-refractivity contribution in [3.05, 3.63) is 69.3 Å². The smallest absolute Gasteiger partial charge is 0.340 e. The van der Waals surface area contributed by atoms with E-state index in [9.17, 15) is 28.5 Å². The second kappa shape index (κ2) is 8.12. The minimum Gasteiger partial charge on any atom is -0.454 e. The molecule has 0 amide bonds. The van der Waals surface area contributed by atoms with Crippen LogP contribution in [-0.2, 0) is 4.74 Å². The summed E-state index contributed by atoms with van der Waals surface area (Å²) in [6.07, 6.45) is 1.86. The number of esters is 1. The Morgan fingerprint density at radius 2 is 1.79 bits per heavy atom. The van der Waals surface area contributed by atoms with Gasteiger partial charge in [0.1, 0.15) is 0 Å². The van der Waals surface area contributed by atoms with Crippen molar-refractivity contribution in [1.82, 2.24) is 0 Å². The third-order valence-corrected chi connectivity index (χ3v) is 4.43. The Bertz CT molecular complexity index is 942. The Hall–Kier alpha value is -3.36. The van der Waals surface area contributed by atoms with Crippen LogP contribution in [0.2, 0.25) is 0 Å². The van der Waals surface area contributed by atoms with E-state index in [-0.39, 0.29) is 16.8 Å². The van der Waals surface area contributed by atoms with Crippen molar-refractivity contribution < 1.29 is 28.0 Å². The van der Waals surface area contributed by atoms with Crippen LogP contribution in [0.1, 0.15) is 33.6 Å². The van der Waals surface area contributed by atoms with Gasteiger partial charge in [0, 0.05) is 30.8 Å². The van der Waals surface area contributed by atoms with Crippen LogP contribution >= 0.6 is 0 Å². The molecule has 28 heavy (non-hydrogen) atoms. The van der Waals surface area contributed by atoms with Gasteiger partial charge in [0.2, 0.25) is 0 Å². The van der Waals surface area contributed by atoms with Crippen LogP contribution in [0.4, 0.5) is 20.2 Å². The van der Waals surface area contributed by atoms with Crippen LogP contribution in [-0.4, -0.2) is 36.4 Å². The molecule has 0 bridgehead atoms. The molecule has 2 aromatic carbocycles. The van der Waals surface area contributed by atoms with E-state index >= 15 is 0 Å². The van der Waals surface area contributed by atoms with Gasteiger partial charge < -0.3 is 9.64 Å². The summed E-state index contributed by atoms with van der Waals surface area (Å²) >= 11 is 0. The van der Waals surface area contributed by atoms with E-state index < -0.39 is 34.9 Å². The van der Waals surface area contributed by atoms with Gasteiger partial charge in [-0.3, -0.25) is 14.9 Å². The average molecular weight is 390 g/mol. The van der Waals surface area contributed by atoms with Crippen LogP contribution in [0.15, 0.2) is 36.4 Å². The molecule has 0 spiro atoms. The van der Waals surface area contributed by atoms with Crippen LogP contribution in [0.5, 0.6) is 0 Å².